The molecule has 0 N–H and O–H groups in total. The molecular weight excluding hydrogens is 372 g/mol. The highest BCUT2D eigenvalue weighted by molar-refractivity contribution is 8.02. The summed E-state index contributed by atoms with van der Waals surface area (Å²) in [5.41, 5.74) is 3.63. The van der Waals surface area contributed by atoms with Crippen molar-refractivity contribution in [1.82, 2.24) is 10.2 Å². The molecule has 0 amide bonds. The van der Waals surface area contributed by atoms with E-state index in [9.17, 15) is 4.79 Å². The molecule has 25 heavy (non-hydrogen) atoms. The van der Waals surface area contributed by atoms with Crippen LogP contribution in [-0.4, -0.2) is 16.0 Å². The highest BCUT2D eigenvalue weighted by Gasteiger charge is 2.11. The Morgan fingerprint density at radius 1 is 1.08 bits per heavy atom. The first-order chi connectivity index (χ1) is 11.9. The number of aryl methyl sites for hydroxylation is 2. The van der Waals surface area contributed by atoms with E-state index in [1.807, 2.05) is 13.0 Å². The third kappa shape index (κ3) is 4.65. The van der Waals surface area contributed by atoms with E-state index in [2.05, 4.69) is 37.0 Å². The molecule has 3 rings (SSSR count). The Kier molecular flexibility index (Phi) is 5.86. The summed E-state index contributed by atoms with van der Waals surface area (Å²) in [7, 11) is 0. The summed E-state index contributed by atoms with van der Waals surface area (Å²) in [4.78, 5) is 11.9. The first-order valence-electron chi connectivity index (χ1n) is 8.05. The molecule has 1 aromatic carbocycles. The Morgan fingerprint density at radius 3 is 2.48 bits per heavy atom. The van der Waals surface area contributed by atoms with Crippen molar-refractivity contribution in [3.8, 4) is 0 Å². The van der Waals surface area contributed by atoms with E-state index in [-0.39, 0.29) is 5.63 Å². The SMILES string of the molecule is Cc1cc2oc(=O)cc(CSc3nnc(SCC(C)C)s3)c2cc1C. The minimum absolute atomic E-state index is 0.309. The smallest absolute Gasteiger partial charge is 0.336 e. The second-order valence-corrected chi connectivity index (χ2v) is 9.82. The van der Waals surface area contributed by atoms with Gasteiger partial charge in [-0.15, -0.1) is 10.2 Å². The maximum atomic E-state index is 11.9. The lowest BCUT2D eigenvalue weighted by Gasteiger charge is -2.07. The summed E-state index contributed by atoms with van der Waals surface area (Å²) in [6.07, 6.45) is 0. The maximum Gasteiger partial charge on any atom is 0.336 e. The minimum Gasteiger partial charge on any atom is -0.423 e. The summed E-state index contributed by atoms with van der Waals surface area (Å²) < 4.78 is 7.28. The van der Waals surface area contributed by atoms with E-state index in [1.165, 1.54) is 5.56 Å². The average Bonchev–Trinajstić information content (AvgIpc) is 3.00. The molecule has 0 unspecified atom stereocenters. The first-order valence-corrected chi connectivity index (χ1v) is 10.8. The Labute approximate surface area is 159 Å². The molecule has 2 heterocycles. The van der Waals surface area contributed by atoms with Gasteiger partial charge >= 0.3 is 5.63 Å². The zero-order valence-corrected chi connectivity index (χ0v) is 17.1. The van der Waals surface area contributed by atoms with Crippen molar-refractivity contribution in [3.63, 3.8) is 0 Å². The van der Waals surface area contributed by atoms with Gasteiger partial charge in [-0.05, 0) is 48.6 Å². The number of fused-ring (bicyclic) bond motifs is 1. The third-order valence-electron chi connectivity index (χ3n) is 3.72. The van der Waals surface area contributed by atoms with Crippen LogP contribution in [0.15, 0.2) is 36.1 Å². The first kappa shape index (κ1) is 18.5. The molecule has 0 aliphatic heterocycles. The van der Waals surface area contributed by atoms with Gasteiger partial charge in [0.05, 0.1) is 0 Å². The Balaban J connectivity index is 1.79. The monoisotopic (exact) mass is 392 g/mol. The van der Waals surface area contributed by atoms with Crippen LogP contribution in [0.3, 0.4) is 0 Å². The third-order valence-corrected chi connectivity index (χ3v) is 7.39. The predicted octanol–water partition coefficient (Wildman–Crippen LogP) is 5.30. The molecule has 0 radical (unpaired) electrons. The van der Waals surface area contributed by atoms with E-state index in [1.54, 1.807) is 40.9 Å². The quantitative estimate of drug-likeness (QED) is 0.419. The van der Waals surface area contributed by atoms with Crippen molar-refractivity contribution in [3.05, 3.63) is 45.3 Å². The standard InChI is InChI=1S/C18H20N2O2S3/c1-10(2)8-23-17-19-20-18(25-17)24-9-13-7-16(21)22-15-6-12(4)11(3)5-14(13)15/h5-7,10H,8-9H2,1-4H3. The molecule has 0 aliphatic rings. The van der Waals surface area contributed by atoms with Gasteiger partial charge in [0.25, 0.3) is 0 Å². The van der Waals surface area contributed by atoms with Gasteiger partial charge < -0.3 is 4.42 Å². The van der Waals surface area contributed by atoms with Crippen LogP contribution in [0.4, 0.5) is 0 Å². The number of rotatable bonds is 6. The summed E-state index contributed by atoms with van der Waals surface area (Å²) in [5, 5.41) is 9.48. The normalized spacial score (nSPS) is 11.6. The molecule has 2 aromatic heterocycles. The van der Waals surface area contributed by atoms with Crippen molar-refractivity contribution in [2.75, 3.05) is 5.75 Å². The van der Waals surface area contributed by atoms with Crippen molar-refractivity contribution in [1.29, 1.82) is 0 Å². The van der Waals surface area contributed by atoms with Gasteiger partial charge in [-0.3, -0.25) is 0 Å². The molecule has 0 bridgehead atoms. The molecule has 3 aromatic rings. The van der Waals surface area contributed by atoms with Crippen LogP contribution in [0.25, 0.3) is 11.0 Å². The molecule has 0 atom stereocenters. The van der Waals surface area contributed by atoms with Crippen molar-refractivity contribution < 1.29 is 4.42 Å². The minimum atomic E-state index is -0.309. The van der Waals surface area contributed by atoms with Crippen LogP contribution < -0.4 is 5.63 Å². The lowest BCUT2D eigenvalue weighted by Crippen LogP contribution is -2.00. The zero-order chi connectivity index (χ0) is 18.0. The fourth-order valence-electron chi connectivity index (χ4n) is 2.29. The predicted molar refractivity (Wildman–Crippen MR) is 107 cm³/mol. The van der Waals surface area contributed by atoms with E-state index in [0.29, 0.717) is 17.3 Å². The largest absolute Gasteiger partial charge is 0.423 e. The number of thioether (sulfide) groups is 2. The molecule has 0 saturated carbocycles. The lowest BCUT2D eigenvalue weighted by molar-refractivity contribution is 0.559. The number of aromatic nitrogens is 2. The Morgan fingerprint density at radius 2 is 1.76 bits per heavy atom. The van der Waals surface area contributed by atoms with Crippen LogP contribution in [0.2, 0.25) is 0 Å². The summed E-state index contributed by atoms with van der Waals surface area (Å²) >= 11 is 4.97. The molecule has 0 aliphatic carbocycles. The molecule has 7 heteroatoms. The van der Waals surface area contributed by atoms with Crippen LogP contribution in [-0.2, 0) is 5.75 Å². The Bertz CT molecular complexity index is 947. The van der Waals surface area contributed by atoms with Crippen LogP contribution in [0.1, 0.15) is 30.5 Å². The van der Waals surface area contributed by atoms with Gasteiger partial charge in [0.2, 0.25) is 0 Å². The van der Waals surface area contributed by atoms with Crippen molar-refractivity contribution >= 4 is 45.8 Å². The number of benzene rings is 1. The van der Waals surface area contributed by atoms with Crippen LogP contribution in [0.5, 0.6) is 0 Å². The second kappa shape index (κ2) is 7.93. The van der Waals surface area contributed by atoms with E-state index in [0.717, 1.165) is 30.9 Å². The highest BCUT2D eigenvalue weighted by Crippen LogP contribution is 2.33. The number of nitrogens with zero attached hydrogens (tertiary/aromatic N) is 2. The summed E-state index contributed by atoms with van der Waals surface area (Å²) in [6.45, 7) is 8.48. The van der Waals surface area contributed by atoms with Gasteiger partial charge in [0, 0.05) is 23.0 Å². The van der Waals surface area contributed by atoms with Crippen molar-refractivity contribution in [2.45, 2.75) is 42.1 Å². The molecule has 0 fully saturated rings. The van der Waals surface area contributed by atoms with Crippen LogP contribution >= 0.6 is 34.9 Å². The van der Waals surface area contributed by atoms with Gasteiger partial charge in [-0.2, -0.15) is 0 Å². The van der Waals surface area contributed by atoms with E-state index >= 15 is 0 Å². The van der Waals surface area contributed by atoms with Gasteiger partial charge in [0.1, 0.15) is 5.58 Å². The molecular formula is C18H20N2O2S3. The fraction of sp³-hybridized carbons (Fsp3) is 0.389. The topological polar surface area (TPSA) is 56.0 Å². The van der Waals surface area contributed by atoms with E-state index < -0.39 is 0 Å². The highest BCUT2D eigenvalue weighted by atomic mass is 32.2. The maximum absolute atomic E-state index is 11.9. The number of hydrogen-bond donors (Lipinski definition) is 0. The average molecular weight is 393 g/mol. The lowest BCUT2D eigenvalue weighted by atomic mass is 10.0. The molecule has 132 valence electrons. The summed E-state index contributed by atoms with van der Waals surface area (Å²) in [5.74, 6) is 2.35. The molecule has 4 nitrogen and oxygen atoms in total. The van der Waals surface area contributed by atoms with Gasteiger partial charge in [-0.1, -0.05) is 48.7 Å². The van der Waals surface area contributed by atoms with Crippen molar-refractivity contribution in [2.24, 2.45) is 5.92 Å². The van der Waals surface area contributed by atoms with E-state index in [4.69, 9.17) is 4.42 Å². The Hall–Kier alpha value is -1.31. The molecule has 0 saturated heterocycles. The van der Waals surface area contributed by atoms with Gasteiger partial charge in [-0.25, -0.2) is 4.79 Å². The second-order valence-electron chi connectivity index (χ2n) is 6.35. The van der Waals surface area contributed by atoms with Gasteiger partial charge in [0.15, 0.2) is 8.68 Å². The zero-order valence-electron chi connectivity index (χ0n) is 14.7. The van der Waals surface area contributed by atoms with Crippen LogP contribution in [0, 0.1) is 19.8 Å². The fourth-order valence-corrected chi connectivity index (χ4v) is 5.28. The molecule has 0 spiro atoms. The number of hydrogen-bond acceptors (Lipinski definition) is 7. The summed E-state index contributed by atoms with van der Waals surface area (Å²) in [6, 6.07) is 5.61.